The smallest absolute Gasteiger partial charge is 0.253 e. The Bertz CT molecular complexity index is 856. The summed E-state index contributed by atoms with van der Waals surface area (Å²) >= 11 is 6.00. The fourth-order valence-electron chi connectivity index (χ4n) is 3.51. The lowest BCUT2D eigenvalue weighted by molar-refractivity contribution is -0.125. The topological polar surface area (TPSA) is 49.4 Å². The monoisotopic (exact) mass is 388 g/mol. The molecule has 1 aliphatic heterocycles. The summed E-state index contributed by atoms with van der Waals surface area (Å²) in [6, 6.07) is 13.0. The van der Waals surface area contributed by atoms with Crippen LogP contribution in [0, 0.1) is 11.7 Å². The van der Waals surface area contributed by atoms with E-state index in [1.165, 1.54) is 12.1 Å². The van der Waals surface area contributed by atoms with E-state index in [2.05, 4.69) is 5.32 Å². The Labute approximate surface area is 163 Å². The average Bonchev–Trinajstić information content (AvgIpc) is 3.06. The zero-order chi connectivity index (χ0) is 19.6. The van der Waals surface area contributed by atoms with Gasteiger partial charge in [0, 0.05) is 35.6 Å². The second kappa shape index (κ2) is 8.09. The molecular weight excluding hydrogens is 367 g/mol. The molecule has 1 heterocycles. The van der Waals surface area contributed by atoms with Crippen LogP contribution in [0.25, 0.3) is 0 Å². The number of nitrogens with one attached hydrogen (secondary N) is 1. The molecule has 1 saturated heterocycles. The van der Waals surface area contributed by atoms with Gasteiger partial charge in [-0.25, -0.2) is 4.39 Å². The minimum Gasteiger partial charge on any atom is -0.354 e. The zero-order valence-corrected chi connectivity index (χ0v) is 16.0. The van der Waals surface area contributed by atoms with Crippen molar-refractivity contribution in [3.8, 4) is 0 Å². The third-order valence-corrected chi connectivity index (χ3v) is 4.96. The highest BCUT2D eigenvalue weighted by molar-refractivity contribution is 6.30. The molecule has 0 aromatic heterocycles. The van der Waals surface area contributed by atoms with Gasteiger partial charge in [-0.2, -0.15) is 0 Å². The summed E-state index contributed by atoms with van der Waals surface area (Å²) in [7, 11) is 0. The van der Waals surface area contributed by atoms with E-state index in [1.807, 2.05) is 13.8 Å². The van der Waals surface area contributed by atoms with Gasteiger partial charge >= 0.3 is 0 Å². The van der Waals surface area contributed by atoms with Crippen molar-refractivity contribution in [3.63, 3.8) is 0 Å². The van der Waals surface area contributed by atoms with Crippen molar-refractivity contribution in [1.82, 2.24) is 10.2 Å². The third kappa shape index (κ3) is 4.48. The first-order valence-electron chi connectivity index (χ1n) is 8.96. The fourth-order valence-corrected chi connectivity index (χ4v) is 3.70. The molecule has 2 aromatic rings. The number of hydrogen-bond donors (Lipinski definition) is 1. The maximum atomic E-state index is 13.7. The van der Waals surface area contributed by atoms with E-state index in [0.717, 1.165) is 5.56 Å². The van der Waals surface area contributed by atoms with Crippen LogP contribution in [0.4, 0.5) is 4.39 Å². The van der Waals surface area contributed by atoms with E-state index in [0.29, 0.717) is 17.1 Å². The van der Waals surface area contributed by atoms with Crippen LogP contribution >= 0.6 is 11.6 Å². The SMILES string of the molecule is CC(C)NC(=O)[C@@H]1CN(C(=O)c2cccc(Cl)c2)C[C@H]1c1cccc(F)c1. The van der Waals surface area contributed by atoms with Gasteiger partial charge in [-0.05, 0) is 49.7 Å². The number of amides is 2. The first-order chi connectivity index (χ1) is 12.8. The molecule has 2 atom stereocenters. The molecular formula is C21H22ClFN2O2. The van der Waals surface area contributed by atoms with E-state index in [1.54, 1.807) is 41.3 Å². The van der Waals surface area contributed by atoms with Crippen LogP contribution in [0.5, 0.6) is 0 Å². The van der Waals surface area contributed by atoms with Crippen molar-refractivity contribution in [2.75, 3.05) is 13.1 Å². The first-order valence-corrected chi connectivity index (χ1v) is 9.33. The number of carbonyl (C=O) groups excluding carboxylic acids is 2. The lowest BCUT2D eigenvalue weighted by Crippen LogP contribution is -2.39. The average molecular weight is 389 g/mol. The molecule has 2 amide bonds. The summed E-state index contributed by atoms with van der Waals surface area (Å²) in [5.74, 6) is -1.35. The quantitative estimate of drug-likeness (QED) is 0.864. The lowest BCUT2D eigenvalue weighted by atomic mass is 9.88. The molecule has 0 radical (unpaired) electrons. The standard InChI is InChI=1S/C21H22ClFN2O2/c1-13(2)24-20(26)19-12-25(21(27)15-6-3-7-16(22)9-15)11-18(19)14-5-4-8-17(23)10-14/h3-10,13,18-19H,11-12H2,1-2H3,(H,24,26)/t18-,19+/m0/s1. The number of carbonyl (C=O) groups is 2. The van der Waals surface area contributed by atoms with Gasteiger partial charge in [0.1, 0.15) is 5.82 Å². The lowest BCUT2D eigenvalue weighted by Gasteiger charge is -2.19. The van der Waals surface area contributed by atoms with Crippen molar-refractivity contribution in [2.45, 2.75) is 25.8 Å². The minimum atomic E-state index is -0.433. The molecule has 0 aliphatic carbocycles. The van der Waals surface area contributed by atoms with Crippen LogP contribution in [0.2, 0.25) is 5.02 Å². The van der Waals surface area contributed by atoms with Crippen LogP contribution in [-0.2, 0) is 4.79 Å². The Morgan fingerprint density at radius 1 is 1.15 bits per heavy atom. The van der Waals surface area contributed by atoms with Gasteiger partial charge in [0.25, 0.3) is 5.91 Å². The maximum absolute atomic E-state index is 13.7. The normalized spacial score (nSPS) is 19.4. The summed E-state index contributed by atoms with van der Waals surface area (Å²) in [5.41, 5.74) is 1.20. The highest BCUT2D eigenvalue weighted by atomic mass is 35.5. The predicted octanol–water partition coefficient (Wildman–Crippen LogP) is 3.86. The van der Waals surface area contributed by atoms with E-state index in [4.69, 9.17) is 11.6 Å². The van der Waals surface area contributed by atoms with Crippen molar-refractivity contribution in [2.24, 2.45) is 5.92 Å². The summed E-state index contributed by atoms with van der Waals surface area (Å²) in [6.45, 7) is 4.41. The van der Waals surface area contributed by atoms with Crippen molar-refractivity contribution in [1.29, 1.82) is 0 Å². The van der Waals surface area contributed by atoms with Gasteiger partial charge in [-0.3, -0.25) is 9.59 Å². The van der Waals surface area contributed by atoms with Crippen molar-refractivity contribution in [3.05, 3.63) is 70.5 Å². The summed E-state index contributed by atoms with van der Waals surface area (Å²) in [5, 5.41) is 3.40. The molecule has 0 bridgehead atoms. The number of nitrogens with zero attached hydrogens (tertiary/aromatic N) is 1. The molecule has 1 N–H and O–H groups in total. The van der Waals surface area contributed by atoms with E-state index < -0.39 is 5.92 Å². The zero-order valence-electron chi connectivity index (χ0n) is 15.3. The molecule has 2 aromatic carbocycles. The van der Waals surface area contributed by atoms with Gasteiger partial charge in [-0.15, -0.1) is 0 Å². The largest absolute Gasteiger partial charge is 0.354 e. The van der Waals surface area contributed by atoms with Gasteiger partial charge in [0.2, 0.25) is 5.91 Å². The molecule has 0 unspecified atom stereocenters. The van der Waals surface area contributed by atoms with Gasteiger partial charge < -0.3 is 10.2 Å². The Morgan fingerprint density at radius 2 is 1.89 bits per heavy atom. The Balaban J connectivity index is 1.88. The molecule has 1 fully saturated rings. The maximum Gasteiger partial charge on any atom is 0.253 e. The molecule has 6 heteroatoms. The third-order valence-electron chi connectivity index (χ3n) is 4.72. The van der Waals surface area contributed by atoms with Crippen LogP contribution in [0.1, 0.15) is 35.7 Å². The number of halogens is 2. The summed E-state index contributed by atoms with van der Waals surface area (Å²) in [6.07, 6.45) is 0. The van der Waals surface area contributed by atoms with Gasteiger partial charge in [0.15, 0.2) is 0 Å². The Kier molecular flexibility index (Phi) is 5.80. The van der Waals surface area contributed by atoms with Crippen molar-refractivity contribution >= 4 is 23.4 Å². The molecule has 142 valence electrons. The molecule has 0 saturated carbocycles. The van der Waals surface area contributed by atoms with Gasteiger partial charge in [0.05, 0.1) is 5.92 Å². The van der Waals surface area contributed by atoms with Crippen LogP contribution < -0.4 is 5.32 Å². The Morgan fingerprint density at radius 3 is 2.56 bits per heavy atom. The summed E-state index contributed by atoms with van der Waals surface area (Å²) < 4.78 is 13.7. The van der Waals surface area contributed by atoms with Crippen molar-refractivity contribution < 1.29 is 14.0 Å². The molecule has 3 rings (SSSR count). The first kappa shape index (κ1) is 19.4. The minimum absolute atomic E-state index is 0.0108. The molecule has 27 heavy (non-hydrogen) atoms. The Hall–Kier alpha value is -2.40. The second-order valence-corrected chi connectivity index (χ2v) is 7.59. The number of rotatable bonds is 4. The fraction of sp³-hybridized carbons (Fsp3) is 0.333. The number of benzene rings is 2. The van der Waals surface area contributed by atoms with Crippen LogP contribution in [0.15, 0.2) is 48.5 Å². The second-order valence-electron chi connectivity index (χ2n) is 7.15. The molecule has 0 spiro atoms. The highest BCUT2D eigenvalue weighted by Gasteiger charge is 2.40. The highest BCUT2D eigenvalue weighted by Crippen LogP contribution is 2.34. The van der Waals surface area contributed by atoms with Crippen LogP contribution in [-0.4, -0.2) is 35.8 Å². The molecule has 4 nitrogen and oxygen atoms in total. The van der Waals surface area contributed by atoms with Crippen LogP contribution in [0.3, 0.4) is 0 Å². The summed E-state index contributed by atoms with van der Waals surface area (Å²) in [4.78, 5) is 27.3. The van der Waals surface area contributed by atoms with E-state index >= 15 is 0 Å². The van der Waals surface area contributed by atoms with E-state index in [-0.39, 0.29) is 36.1 Å². The number of hydrogen-bond acceptors (Lipinski definition) is 2. The molecule has 1 aliphatic rings. The number of likely N-dealkylation sites (tertiary alicyclic amines) is 1. The predicted molar refractivity (Wildman–Crippen MR) is 103 cm³/mol. The van der Waals surface area contributed by atoms with Gasteiger partial charge in [-0.1, -0.05) is 29.8 Å². The van der Waals surface area contributed by atoms with E-state index in [9.17, 15) is 14.0 Å².